The van der Waals surface area contributed by atoms with E-state index in [0.29, 0.717) is 5.69 Å². The highest BCUT2D eigenvalue weighted by atomic mass is 19.4. The third kappa shape index (κ3) is 3.16. The fourth-order valence-electron chi connectivity index (χ4n) is 1.69. The van der Waals surface area contributed by atoms with E-state index in [1.807, 2.05) is 0 Å². The molecule has 2 nitrogen and oxygen atoms in total. The molecule has 1 rings (SSSR count). The van der Waals surface area contributed by atoms with Crippen LogP contribution in [0.1, 0.15) is 33.3 Å². The summed E-state index contributed by atoms with van der Waals surface area (Å²) < 4.78 is 45.0. The van der Waals surface area contributed by atoms with Crippen molar-refractivity contribution >= 4 is 5.69 Å². The second-order valence-corrected chi connectivity index (χ2v) is 5.37. The third-order valence-electron chi connectivity index (χ3n) is 2.51. The SMILES string of the molecule is CC(C)(C)O[C@](C)(c1ccc(N)cc1)C(F)(F)F. The lowest BCUT2D eigenvalue weighted by Crippen LogP contribution is -2.46. The Morgan fingerprint density at radius 2 is 1.39 bits per heavy atom. The molecule has 0 aromatic heterocycles. The van der Waals surface area contributed by atoms with Crippen molar-refractivity contribution in [2.24, 2.45) is 0 Å². The van der Waals surface area contributed by atoms with Gasteiger partial charge in [-0.1, -0.05) is 12.1 Å². The highest BCUT2D eigenvalue weighted by molar-refractivity contribution is 5.41. The van der Waals surface area contributed by atoms with Crippen LogP contribution in [0.4, 0.5) is 18.9 Å². The van der Waals surface area contributed by atoms with Gasteiger partial charge in [0.15, 0.2) is 5.60 Å². The van der Waals surface area contributed by atoms with E-state index in [9.17, 15) is 13.2 Å². The summed E-state index contributed by atoms with van der Waals surface area (Å²) in [6.07, 6.45) is -4.50. The summed E-state index contributed by atoms with van der Waals surface area (Å²) in [6, 6.07) is 5.56. The maximum atomic E-state index is 13.3. The second kappa shape index (κ2) is 4.46. The van der Waals surface area contributed by atoms with Gasteiger partial charge < -0.3 is 10.5 Å². The van der Waals surface area contributed by atoms with Crippen LogP contribution in [0, 0.1) is 0 Å². The summed E-state index contributed by atoms with van der Waals surface area (Å²) >= 11 is 0. The Bertz CT molecular complexity index is 406. The first-order valence-corrected chi connectivity index (χ1v) is 5.59. The maximum absolute atomic E-state index is 13.3. The average molecular weight is 261 g/mol. The Morgan fingerprint density at radius 3 is 1.72 bits per heavy atom. The van der Waals surface area contributed by atoms with Crippen molar-refractivity contribution in [1.29, 1.82) is 0 Å². The Morgan fingerprint density at radius 1 is 0.944 bits per heavy atom. The normalized spacial score (nSPS) is 16.4. The van der Waals surface area contributed by atoms with E-state index >= 15 is 0 Å². The highest BCUT2D eigenvalue weighted by Gasteiger charge is 2.55. The molecule has 0 amide bonds. The van der Waals surface area contributed by atoms with E-state index in [2.05, 4.69) is 0 Å². The van der Waals surface area contributed by atoms with E-state index in [-0.39, 0.29) is 5.56 Å². The first-order chi connectivity index (χ1) is 7.96. The molecule has 0 heterocycles. The van der Waals surface area contributed by atoms with Crippen molar-refractivity contribution < 1.29 is 17.9 Å². The van der Waals surface area contributed by atoms with E-state index in [1.165, 1.54) is 24.3 Å². The van der Waals surface area contributed by atoms with Gasteiger partial charge in [-0.25, -0.2) is 0 Å². The number of anilines is 1. The van der Waals surface area contributed by atoms with Crippen LogP contribution in [0.25, 0.3) is 0 Å². The Balaban J connectivity index is 3.25. The predicted molar refractivity (Wildman–Crippen MR) is 65.1 cm³/mol. The number of hydrogen-bond acceptors (Lipinski definition) is 2. The van der Waals surface area contributed by atoms with Crippen molar-refractivity contribution in [2.75, 3.05) is 5.73 Å². The minimum atomic E-state index is -4.50. The van der Waals surface area contributed by atoms with Crippen molar-refractivity contribution in [3.8, 4) is 0 Å². The van der Waals surface area contributed by atoms with Crippen LogP contribution in [0.3, 0.4) is 0 Å². The van der Waals surface area contributed by atoms with Gasteiger partial charge in [0.2, 0.25) is 0 Å². The van der Waals surface area contributed by atoms with Crippen molar-refractivity contribution in [3.63, 3.8) is 0 Å². The molecule has 2 N–H and O–H groups in total. The van der Waals surface area contributed by atoms with Gasteiger partial charge in [0, 0.05) is 5.69 Å². The molecule has 0 aliphatic carbocycles. The molecule has 1 atom stereocenters. The largest absolute Gasteiger partial charge is 0.421 e. The summed E-state index contributed by atoms with van der Waals surface area (Å²) in [6.45, 7) is 5.81. The third-order valence-corrected chi connectivity index (χ3v) is 2.51. The maximum Gasteiger partial charge on any atom is 0.421 e. The molecule has 0 aliphatic heterocycles. The van der Waals surface area contributed by atoms with Gasteiger partial charge in [-0.3, -0.25) is 0 Å². The number of alkyl halides is 3. The van der Waals surface area contributed by atoms with E-state index < -0.39 is 17.4 Å². The van der Waals surface area contributed by atoms with Crippen molar-refractivity contribution in [3.05, 3.63) is 29.8 Å². The molecule has 102 valence electrons. The standard InChI is InChI=1S/C13H18F3NO/c1-11(2,3)18-12(4,13(14,15)16)9-5-7-10(17)8-6-9/h5-8H,17H2,1-4H3/t12-/m1/s1. The zero-order valence-electron chi connectivity index (χ0n) is 10.9. The van der Waals surface area contributed by atoms with Gasteiger partial charge in [-0.2, -0.15) is 13.2 Å². The minimum absolute atomic E-state index is 0.0409. The van der Waals surface area contributed by atoms with Gasteiger partial charge >= 0.3 is 6.18 Å². The summed E-state index contributed by atoms with van der Waals surface area (Å²) in [5.41, 5.74) is 2.68. The number of nitrogens with two attached hydrogens (primary N) is 1. The Hall–Kier alpha value is -1.23. The van der Waals surface area contributed by atoms with Gasteiger partial charge in [-0.15, -0.1) is 0 Å². The molecule has 0 unspecified atom stereocenters. The first-order valence-electron chi connectivity index (χ1n) is 5.59. The molecule has 1 aromatic carbocycles. The molecular weight excluding hydrogens is 243 g/mol. The predicted octanol–water partition coefficient (Wildman–Crippen LogP) is 3.86. The number of hydrogen-bond donors (Lipinski definition) is 1. The first kappa shape index (κ1) is 14.8. The van der Waals surface area contributed by atoms with E-state index in [1.54, 1.807) is 20.8 Å². The topological polar surface area (TPSA) is 35.2 Å². The molecular formula is C13H18F3NO. The summed E-state index contributed by atoms with van der Waals surface area (Å²) in [4.78, 5) is 0. The van der Waals surface area contributed by atoms with Gasteiger partial charge in [0.1, 0.15) is 0 Å². The molecule has 0 saturated carbocycles. The number of halogens is 3. The number of ether oxygens (including phenoxy) is 1. The zero-order chi connectivity index (χ0) is 14.2. The van der Waals surface area contributed by atoms with Gasteiger partial charge in [-0.05, 0) is 45.4 Å². The number of benzene rings is 1. The summed E-state index contributed by atoms with van der Waals surface area (Å²) in [7, 11) is 0. The molecule has 0 fully saturated rings. The Labute approximate surface area is 105 Å². The summed E-state index contributed by atoms with van der Waals surface area (Å²) in [5, 5.41) is 0. The lowest BCUT2D eigenvalue weighted by molar-refractivity contribution is -0.303. The lowest BCUT2D eigenvalue weighted by atomic mass is 9.93. The molecule has 0 bridgehead atoms. The lowest BCUT2D eigenvalue weighted by Gasteiger charge is -2.38. The zero-order valence-corrected chi connectivity index (χ0v) is 10.9. The highest BCUT2D eigenvalue weighted by Crippen LogP contribution is 2.44. The smallest absolute Gasteiger partial charge is 0.399 e. The molecule has 0 radical (unpaired) electrons. The van der Waals surface area contributed by atoms with Crippen molar-refractivity contribution in [2.45, 2.75) is 45.1 Å². The molecule has 0 spiro atoms. The summed E-state index contributed by atoms with van der Waals surface area (Å²) in [5.74, 6) is 0. The molecule has 18 heavy (non-hydrogen) atoms. The van der Waals surface area contributed by atoms with E-state index in [4.69, 9.17) is 10.5 Å². The molecule has 1 aromatic rings. The molecule has 0 saturated heterocycles. The fraction of sp³-hybridized carbons (Fsp3) is 0.538. The van der Waals surface area contributed by atoms with Gasteiger partial charge in [0.05, 0.1) is 5.60 Å². The van der Waals surface area contributed by atoms with Crippen LogP contribution >= 0.6 is 0 Å². The molecule has 0 aliphatic rings. The number of rotatable bonds is 2. The van der Waals surface area contributed by atoms with Crippen molar-refractivity contribution in [1.82, 2.24) is 0 Å². The minimum Gasteiger partial charge on any atom is -0.399 e. The quantitative estimate of drug-likeness (QED) is 0.820. The van der Waals surface area contributed by atoms with Crippen LogP contribution in [0.2, 0.25) is 0 Å². The average Bonchev–Trinajstić information content (AvgIpc) is 2.13. The monoisotopic (exact) mass is 261 g/mol. The van der Waals surface area contributed by atoms with Crippen LogP contribution in [0.15, 0.2) is 24.3 Å². The Kier molecular flexibility index (Phi) is 3.68. The van der Waals surface area contributed by atoms with Gasteiger partial charge in [0.25, 0.3) is 0 Å². The molecule has 5 heteroatoms. The van der Waals surface area contributed by atoms with Crippen LogP contribution in [-0.2, 0) is 10.3 Å². The second-order valence-electron chi connectivity index (χ2n) is 5.37. The van der Waals surface area contributed by atoms with Crippen LogP contribution < -0.4 is 5.73 Å². The van der Waals surface area contributed by atoms with Crippen LogP contribution in [0.5, 0.6) is 0 Å². The number of nitrogen functional groups attached to an aromatic ring is 1. The van der Waals surface area contributed by atoms with Crippen LogP contribution in [-0.4, -0.2) is 11.8 Å². The fourth-order valence-corrected chi connectivity index (χ4v) is 1.69. The van der Waals surface area contributed by atoms with E-state index in [0.717, 1.165) is 6.92 Å².